The largest absolute Gasteiger partial charge is 0.492 e. The van der Waals surface area contributed by atoms with Crippen molar-refractivity contribution in [3.8, 4) is 5.75 Å². The maximum absolute atomic E-state index is 12.6. The lowest BCUT2D eigenvalue weighted by molar-refractivity contribution is 0.0952. The van der Waals surface area contributed by atoms with Crippen LogP contribution < -0.4 is 10.1 Å². The van der Waals surface area contributed by atoms with Gasteiger partial charge in [0.15, 0.2) is 0 Å². The number of unbranched alkanes of at least 4 members (excludes halogenated alkanes) is 1. The first-order chi connectivity index (χ1) is 17.0. The van der Waals surface area contributed by atoms with Gasteiger partial charge < -0.3 is 14.6 Å². The number of hydrogen-bond acceptors (Lipinski definition) is 3. The summed E-state index contributed by atoms with van der Waals surface area (Å²) in [5.41, 5.74) is 5.06. The van der Waals surface area contributed by atoms with E-state index in [2.05, 4.69) is 28.1 Å². The van der Waals surface area contributed by atoms with Crippen molar-refractivity contribution in [1.29, 1.82) is 0 Å². The number of aryl methyl sites for hydroxylation is 4. The van der Waals surface area contributed by atoms with E-state index in [-0.39, 0.29) is 5.91 Å². The fraction of sp³-hybridized carbons (Fsp3) is 0.310. The first kappa shape index (κ1) is 24.8. The first-order valence-corrected chi connectivity index (χ1v) is 12.6. The second-order valence-corrected chi connectivity index (χ2v) is 9.24. The zero-order chi connectivity index (χ0) is 24.6. The van der Waals surface area contributed by atoms with Crippen LogP contribution in [-0.2, 0) is 13.0 Å². The lowest BCUT2D eigenvalue weighted by Crippen LogP contribution is -2.25. The number of rotatable bonds is 11. The maximum Gasteiger partial charge on any atom is 0.251 e. The molecule has 0 bridgehead atoms. The second kappa shape index (κ2) is 11.9. The third-order valence-corrected chi connectivity index (χ3v) is 6.41. The van der Waals surface area contributed by atoms with Crippen LogP contribution in [0.25, 0.3) is 11.0 Å². The quantitative estimate of drug-likeness (QED) is 0.244. The summed E-state index contributed by atoms with van der Waals surface area (Å²) in [7, 11) is 0. The average Bonchev–Trinajstić information content (AvgIpc) is 3.20. The van der Waals surface area contributed by atoms with E-state index in [1.165, 1.54) is 0 Å². The predicted octanol–water partition coefficient (Wildman–Crippen LogP) is 6.53. The molecule has 1 amide bonds. The van der Waals surface area contributed by atoms with E-state index in [0.29, 0.717) is 18.2 Å². The van der Waals surface area contributed by atoms with Crippen molar-refractivity contribution in [2.75, 3.05) is 13.2 Å². The number of carbonyl (C=O) groups is 1. The Balaban J connectivity index is 1.30. The minimum Gasteiger partial charge on any atom is -0.492 e. The van der Waals surface area contributed by atoms with Gasteiger partial charge in [0.05, 0.1) is 22.7 Å². The van der Waals surface area contributed by atoms with Crippen molar-refractivity contribution in [3.63, 3.8) is 0 Å². The molecule has 6 heteroatoms. The van der Waals surface area contributed by atoms with Crippen molar-refractivity contribution in [1.82, 2.24) is 14.9 Å². The Morgan fingerprint density at radius 1 is 1.00 bits per heavy atom. The molecule has 0 saturated heterocycles. The van der Waals surface area contributed by atoms with Crippen molar-refractivity contribution in [2.45, 2.75) is 46.1 Å². The van der Waals surface area contributed by atoms with Crippen LogP contribution in [0.3, 0.4) is 0 Å². The molecule has 0 atom stereocenters. The van der Waals surface area contributed by atoms with Crippen LogP contribution in [0.15, 0.2) is 66.7 Å². The third-order valence-electron chi connectivity index (χ3n) is 6.09. The van der Waals surface area contributed by atoms with Crippen molar-refractivity contribution in [2.24, 2.45) is 0 Å². The number of halogens is 1. The molecule has 1 N–H and O–H groups in total. The molecule has 0 radical (unpaired) electrons. The van der Waals surface area contributed by atoms with Gasteiger partial charge in [-0.15, -0.1) is 0 Å². The molecular weight excluding hydrogens is 458 g/mol. The summed E-state index contributed by atoms with van der Waals surface area (Å²) in [5, 5.41) is 3.70. The number of carbonyl (C=O) groups excluding carboxylic acids is 1. The first-order valence-electron chi connectivity index (χ1n) is 12.2. The minimum absolute atomic E-state index is 0.0190. The molecule has 5 nitrogen and oxygen atoms in total. The fourth-order valence-electron chi connectivity index (χ4n) is 4.29. The molecule has 1 aromatic heterocycles. The van der Waals surface area contributed by atoms with Gasteiger partial charge >= 0.3 is 0 Å². The zero-order valence-electron chi connectivity index (χ0n) is 20.4. The number of ether oxygens (including phenoxy) is 1. The molecule has 4 rings (SSSR count). The van der Waals surface area contributed by atoms with Crippen LogP contribution in [-0.4, -0.2) is 28.6 Å². The van der Waals surface area contributed by atoms with E-state index in [1.54, 1.807) is 0 Å². The number of benzene rings is 3. The Bertz CT molecular complexity index is 1300. The molecule has 1 heterocycles. The average molecular weight is 490 g/mol. The van der Waals surface area contributed by atoms with E-state index >= 15 is 0 Å². The van der Waals surface area contributed by atoms with E-state index < -0.39 is 0 Å². The normalized spacial score (nSPS) is 11.1. The summed E-state index contributed by atoms with van der Waals surface area (Å²) in [5.74, 6) is 1.76. The highest BCUT2D eigenvalue weighted by Crippen LogP contribution is 2.23. The van der Waals surface area contributed by atoms with Crippen molar-refractivity contribution < 1.29 is 9.53 Å². The van der Waals surface area contributed by atoms with Crippen molar-refractivity contribution >= 4 is 28.5 Å². The number of imidazole rings is 1. The molecule has 3 aromatic carbocycles. The Morgan fingerprint density at radius 2 is 1.80 bits per heavy atom. The molecule has 0 fully saturated rings. The number of nitrogens with zero attached hydrogens (tertiary/aromatic N) is 2. The highest BCUT2D eigenvalue weighted by molar-refractivity contribution is 6.32. The number of hydrogen-bond donors (Lipinski definition) is 1. The van der Waals surface area contributed by atoms with E-state index in [4.69, 9.17) is 21.3 Å². The summed E-state index contributed by atoms with van der Waals surface area (Å²) in [6.07, 6.45) is 3.53. The predicted molar refractivity (Wildman–Crippen MR) is 142 cm³/mol. The summed E-state index contributed by atoms with van der Waals surface area (Å²) >= 11 is 6.17. The summed E-state index contributed by atoms with van der Waals surface area (Å²) < 4.78 is 8.13. The molecule has 0 spiro atoms. The number of para-hydroxylation sites is 3. The summed E-state index contributed by atoms with van der Waals surface area (Å²) in [6.45, 7) is 6.12. The summed E-state index contributed by atoms with van der Waals surface area (Å²) in [6, 6.07) is 21.7. The van der Waals surface area contributed by atoms with Crippen LogP contribution in [0.1, 0.15) is 46.6 Å². The molecule has 182 valence electrons. The van der Waals surface area contributed by atoms with Crippen LogP contribution in [0.5, 0.6) is 5.75 Å². The molecule has 4 aromatic rings. The highest BCUT2D eigenvalue weighted by atomic mass is 35.5. The van der Waals surface area contributed by atoms with E-state index in [1.807, 2.05) is 62.4 Å². The van der Waals surface area contributed by atoms with Gasteiger partial charge in [-0.3, -0.25) is 4.79 Å². The second-order valence-electron chi connectivity index (χ2n) is 8.83. The number of nitrogens with one attached hydrogen (secondary N) is 1. The summed E-state index contributed by atoms with van der Waals surface area (Å²) in [4.78, 5) is 17.4. The van der Waals surface area contributed by atoms with Gasteiger partial charge in [0.2, 0.25) is 0 Å². The third kappa shape index (κ3) is 6.43. The number of aromatic nitrogens is 2. The van der Waals surface area contributed by atoms with Gasteiger partial charge in [0, 0.05) is 25.1 Å². The van der Waals surface area contributed by atoms with Gasteiger partial charge in [0.1, 0.15) is 11.6 Å². The van der Waals surface area contributed by atoms with E-state index in [9.17, 15) is 4.79 Å². The standard InChI is InChI=1S/C29H32ClN3O2/c1-21-15-16-23(22(2)20-21)29(34)31-17-9-14-28-32-25-11-4-5-12-26(25)33(28)18-7-8-19-35-27-13-6-3-10-24(27)30/h3-6,10-13,15-16,20H,7-9,14,17-19H2,1-2H3,(H,31,34). The fourth-order valence-corrected chi connectivity index (χ4v) is 4.48. The van der Waals surface area contributed by atoms with Crippen LogP contribution in [0.4, 0.5) is 0 Å². The number of amides is 1. The van der Waals surface area contributed by atoms with Gasteiger partial charge in [0.25, 0.3) is 5.91 Å². The lowest BCUT2D eigenvalue weighted by Gasteiger charge is -2.11. The lowest BCUT2D eigenvalue weighted by atomic mass is 10.1. The molecule has 0 saturated carbocycles. The van der Waals surface area contributed by atoms with Crippen LogP contribution >= 0.6 is 11.6 Å². The van der Waals surface area contributed by atoms with Gasteiger partial charge in [-0.25, -0.2) is 4.98 Å². The molecule has 0 aliphatic carbocycles. The Kier molecular flexibility index (Phi) is 8.43. The SMILES string of the molecule is Cc1ccc(C(=O)NCCCc2nc3ccccc3n2CCCCOc2ccccc2Cl)c(C)c1. The maximum atomic E-state index is 12.6. The Labute approximate surface area is 212 Å². The Hall–Kier alpha value is -3.31. The molecule has 0 aliphatic heterocycles. The minimum atomic E-state index is -0.0190. The van der Waals surface area contributed by atoms with Crippen molar-refractivity contribution in [3.05, 3.63) is 94.3 Å². The monoisotopic (exact) mass is 489 g/mol. The van der Waals surface area contributed by atoms with Crippen LogP contribution in [0.2, 0.25) is 5.02 Å². The molecular formula is C29H32ClN3O2. The topological polar surface area (TPSA) is 56.2 Å². The smallest absolute Gasteiger partial charge is 0.251 e. The van der Waals surface area contributed by atoms with E-state index in [0.717, 1.165) is 71.5 Å². The van der Waals surface area contributed by atoms with Gasteiger partial charge in [-0.05, 0) is 69.0 Å². The highest BCUT2D eigenvalue weighted by Gasteiger charge is 2.12. The van der Waals surface area contributed by atoms with Gasteiger partial charge in [-0.1, -0.05) is 53.6 Å². The number of fused-ring (bicyclic) bond motifs is 1. The zero-order valence-corrected chi connectivity index (χ0v) is 21.1. The molecule has 0 aliphatic rings. The van der Waals surface area contributed by atoms with Crippen LogP contribution in [0, 0.1) is 13.8 Å². The molecule has 35 heavy (non-hydrogen) atoms. The molecule has 0 unspecified atom stereocenters. The Morgan fingerprint density at radius 3 is 2.63 bits per heavy atom. The van der Waals surface area contributed by atoms with Gasteiger partial charge in [-0.2, -0.15) is 0 Å².